The number of carbonyl (C=O) groups excluding carboxylic acids is 2. The number of aliphatic hydroxyl groups is 1. The van der Waals surface area contributed by atoms with Crippen molar-refractivity contribution in [1.29, 1.82) is 0 Å². The second-order valence-electron chi connectivity index (χ2n) is 5.64. The third-order valence-corrected chi connectivity index (χ3v) is 4.98. The number of rotatable bonds is 4. The highest BCUT2D eigenvalue weighted by Crippen LogP contribution is 2.42. The number of amides is 1. The van der Waals surface area contributed by atoms with Crippen molar-refractivity contribution in [1.82, 2.24) is 0 Å². The van der Waals surface area contributed by atoms with Gasteiger partial charge in [-0.3, -0.25) is 14.5 Å². The molecule has 0 saturated carbocycles. The molecule has 0 fully saturated rings. The molecule has 1 aromatic carbocycles. The van der Waals surface area contributed by atoms with Crippen LogP contribution in [0.4, 0.5) is 10.1 Å². The fourth-order valence-electron chi connectivity index (χ4n) is 2.96. The summed E-state index contributed by atoms with van der Waals surface area (Å²) in [7, 11) is 0. The number of furan rings is 1. The van der Waals surface area contributed by atoms with Crippen molar-refractivity contribution >= 4 is 28.7 Å². The van der Waals surface area contributed by atoms with E-state index in [0.29, 0.717) is 16.3 Å². The zero-order valence-electron chi connectivity index (χ0n) is 13.3. The molecule has 26 heavy (non-hydrogen) atoms. The minimum Gasteiger partial charge on any atom is -0.503 e. The maximum Gasteiger partial charge on any atom is 0.294 e. The Bertz CT molecular complexity index is 991. The van der Waals surface area contributed by atoms with Crippen LogP contribution < -0.4 is 4.90 Å². The van der Waals surface area contributed by atoms with E-state index in [9.17, 15) is 19.1 Å². The van der Waals surface area contributed by atoms with Crippen LogP contribution in [-0.4, -0.2) is 16.8 Å². The molecule has 0 aliphatic carbocycles. The summed E-state index contributed by atoms with van der Waals surface area (Å²) in [6.45, 7) is 0. The Morgan fingerprint density at radius 3 is 2.54 bits per heavy atom. The highest BCUT2D eigenvalue weighted by atomic mass is 32.1. The molecule has 1 unspecified atom stereocenters. The Morgan fingerprint density at radius 1 is 1.15 bits per heavy atom. The molecule has 3 aromatic rings. The second kappa shape index (κ2) is 6.27. The van der Waals surface area contributed by atoms with Gasteiger partial charge in [-0.2, -0.15) is 0 Å². The number of nitrogens with zero attached hydrogens (tertiary/aromatic N) is 1. The van der Waals surface area contributed by atoms with Crippen LogP contribution in [0.25, 0.3) is 0 Å². The zero-order chi connectivity index (χ0) is 18.3. The quantitative estimate of drug-likeness (QED) is 0.698. The first-order valence-corrected chi connectivity index (χ1v) is 8.59. The normalized spacial score (nSPS) is 17.2. The van der Waals surface area contributed by atoms with Crippen molar-refractivity contribution in [3.63, 3.8) is 0 Å². The van der Waals surface area contributed by atoms with E-state index in [1.807, 2.05) is 0 Å². The standard InChI is InChI=1S/C19H12FNO4S/c20-11-5-7-12(8-6-11)21-16(13-3-1-9-25-13)15(18(23)19(21)24)17(22)14-4-2-10-26-14/h1-10,16,23H. The summed E-state index contributed by atoms with van der Waals surface area (Å²) >= 11 is 1.21. The first-order chi connectivity index (χ1) is 12.6. The van der Waals surface area contributed by atoms with Crippen LogP contribution in [0.1, 0.15) is 21.5 Å². The first kappa shape index (κ1) is 16.3. The van der Waals surface area contributed by atoms with Crippen LogP contribution >= 0.6 is 11.3 Å². The van der Waals surface area contributed by atoms with Crippen LogP contribution in [0.15, 0.2) is 75.9 Å². The Hall–Kier alpha value is -3.19. The molecular weight excluding hydrogens is 357 g/mol. The summed E-state index contributed by atoms with van der Waals surface area (Å²) in [4.78, 5) is 27.3. The number of hydrogen-bond donors (Lipinski definition) is 1. The molecule has 4 rings (SSSR count). The number of thiophene rings is 1. The van der Waals surface area contributed by atoms with Gasteiger partial charge in [0, 0.05) is 5.69 Å². The maximum absolute atomic E-state index is 13.3. The van der Waals surface area contributed by atoms with E-state index in [1.165, 1.54) is 46.8 Å². The lowest BCUT2D eigenvalue weighted by Gasteiger charge is -2.24. The molecule has 0 radical (unpaired) electrons. The van der Waals surface area contributed by atoms with Gasteiger partial charge in [0.05, 0.1) is 16.7 Å². The number of carbonyl (C=O) groups is 2. The number of benzene rings is 1. The fourth-order valence-corrected chi connectivity index (χ4v) is 3.64. The van der Waals surface area contributed by atoms with Crippen molar-refractivity contribution < 1.29 is 23.5 Å². The number of anilines is 1. The van der Waals surface area contributed by atoms with Crippen LogP contribution in [0.3, 0.4) is 0 Å². The number of ketones is 1. The molecule has 3 heterocycles. The van der Waals surface area contributed by atoms with Crippen LogP contribution in [0.2, 0.25) is 0 Å². The van der Waals surface area contributed by atoms with E-state index in [1.54, 1.807) is 29.6 Å². The van der Waals surface area contributed by atoms with Crippen molar-refractivity contribution in [3.05, 3.63) is 88.0 Å². The summed E-state index contributed by atoms with van der Waals surface area (Å²) in [6, 6.07) is 10.9. The molecule has 130 valence electrons. The average molecular weight is 369 g/mol. The van der Waals surface area contributed by atoms with Gasteiger partial charge in [0.2, 0.25) is 5.78 Å². The summed E-state index contributed by atoms with van der Waals surface area (Å²) in [5, 5.41) is 12.2. The Morgan fingerprint density at radius 2 is 1.92 bits per heavy atom. The molecule has 1 amide bonds. The molecule has 7 heteroatoms. The van der Waals surface area contributed by atoms with E-state index >= 15 is 0 Å². The molecule has 0 spiro atoms. The lowest BCUT2D eigenvalue weighted by atomic mass is 10.00. The predicted octanol–water partition coefficient (Wildman–Crippen LogP) is 4.26. The SMILES string of the molecule is O=C(C1=C(O)C(=O)N(c2ccc(F)cc2)C1c1ccco1)c1cccs1. The summed E-state index contributed by atoms with van der Waals surface area (Å²) in [5.74, 6) is -1.95. The number of hydrogen-bond acceptors (Lipinski definition) is 5. The second-order valence-corrected chi connectivity index (χ2v) is 6.59. The minimum atomic E-state index is -0.933. The first-order valence-electron chi connectivity index (χ1n) is 7.72. The lowest BCUT2D eigenvalue weighted by molar-refractivity contribution is -0.117. The molecule has 1 aliphatic rings. The molecule has 1 N–H and O–H groups in total. The van der Waals surface area contributed by atoms with Gasteiger partial charge >= 0.3 is 0 Å². The maximum atomic E-state index is 13.3. The smallest absolute Gasteiger partial charge is 0.294 e. The molecular formula is C19H12FNO4S. The molecule has 0 bridgehead atoms. The monoisotopic (exact) mass is 369 g/mol. The van der Waals surface area contributed by atoms with Gasteiger partial charge in [-0.15, -0.1) is 11.3 Å². The van der Waals surface area contributed by atoms with Crippen LogP contribution in [-0.2, 0) is 4.79 Å². The van der Waals surface area contributed by atoms with Crippen molar-refractivity contribution in [2.75, 3.05) is 4.90 Å². The summed E-state index contributed by atoms with van der Waals surface area (Å²) in [5.41, 5.74) is 0.287. The van der Waals surface area contributed by atoms with Crippen molar-refractivity contribution in [2.24, 2.45) is 0 Å². The Balaban J connectivity index is 1.86. The van der Waals surface area contributed by atoms with E-state index in [2.05, 4.69) is 0 Å². The average Bonchev–Trinajstić information content (AvgIpc) is 3.38. The largest absolute Gasteiger partial charge is 0.503 e. The van der Waals surface area contributed by atoms with Crippen LogP contribution in [0.5, 0.6) is 0 Å². The van der Waals surface area contributed by atoms with Crippen molar-refractivity contribution in [2.45, 2.75) is 6.04 Å². The van der Waals surface area contributed by atoms with Gasteiger partial charge in [-0.05, 0) is 47.8 Å². The molecule has 0 saturated heterocycles. The molecule has 1 aliphatic heterocycles. The highest BCUT2D eigenvalue weighted by molar-refractivity contribution is 7.12. The van der Waals surface area contributed by atoms with Gasteiger partial charge < -0.3 is 9.52 Å². The molecule has 5 nitrogen and oxygen atoms in total. The van der Waals surface area contributed by atoms with Gasteiger partial charge in [0.1, 0.15) is 17.6 Å². The summed E-state index contributed by atoms with van der Waals surface area (Å²) in [6.07, 6.45) is 1.42. The third-order valence-electron chi connectivity index (χ3n) is 4.12. The molecule has 1 atom stereocenters. The van der Waals surface area contributed by atoms with Gasteiger partial charge in [-0.1, -0.05) is 6.07 Å². The van der Waals surface area contributed by atoms with E-state index in [4.69, 9.17) is 4.42 Å². The summed E-state index contributed by atoms with van der Waals surface area (Å²) < 4.78 is 18.7. The predicted molar refractivity (Wildman–Crippen MR) is 93.6 cm³/mol. The Labute approximate surface area is 151 Å². The third kappa shape index (κ3) is 2.53. The van der Waals surface area contributed by atoms with E-state index in [0.717, 1.165) is 0 Å². The molecule has 2 aromatic heterocycles. The van der Waals surface area contributed by atoms with E-state index < -0.39 is 29.3 Å². The van der Waals surface area contributed by atoms with Gasteiger partial charge in [0.15, 0.2) is 5.76 Å². The minimum absolute atomic E-state index is 0.0586. The van der Waals surface area contributed by atoms with E-state index in [-0.39, 0.29) is 5.57 Å². The lowest BCUT2D eigenvalue weighted by Crippen LogP contribution is -2.30. The van der Waals surface area contributed by atoms with Gasteiger partial charge in [0.25, 0.3) is 5.91 Å². The number of aliphatic hydroxyl groups excluding tert-OH is 1. The fraction of sp³-hybridized carbons (Fsp3) is 0.0526. The highest BCUT2D eigenvalue weighted by Gasteiger charge is 2.46. The number of Topliss-reactive ketones (excluding diaryl/α,β-unsaturated/α-hetero) is 1. The van der Waals surface area contributed by atoms with Crippen molar-refractivity contribution in [3.8, 4) is 0 Å². The number of halogens is 1. The zero-order valence-corrected chi connectivity index (χ0v) is 14.1. The topological polar surface area (TPSA) is 70.8 Å². The Kier molecular flexibility index (Phi) is 3.93. The van der Waals surface area contributed by atoms with Gasteiger partial charge in [-0.25, -0.2) is 4.39 Å². The van der Waals surface area contributed by atoms with Crippen LogP contribution in [0, 0.1) is 5.82 Å².